The van der Waals surface area contributed by atoms with E-state index < -0.39 is 17.4 Å². The summed E-state index contributed by atoms with van der Waals surface area (Å²) in [7, 11) is 0. The zero-order chi connectivity index (χ0) is 18.5. The number of carbonyl (C=O) groups is 1. The predicted octanol–water partition coefficient (Wildman–Crippen LogP) is 1.62. The second kappa shape index (κ2) is 6.11. The van der Waals surface area contributed by atoms with Crippen molar-refractivity contribution < 1.29 is 18.7 Å². The first-order valence-electron chi connectivity index (χ1n) is 9.20. The maximum Gasteiger partial charge on any atom is 0.258 e. The average Bonchev–Trinajstić information content (AvgIpc) is 3.00. The summed E-state index contributed by atoms with van der Waals surface area (Å²) < 4.78 is 29.7. The Morgan fingerprint density at radius 1 is 1.19 bits per heavy atom. The van der Waals surface area contributed by atoms with Crippen LogP contribution in [0.4, 0.5) is 14.6 Å². The molecule has 1 N–H and O–H groups in total. The lowest BCUT2D eigenvalue weighted by atomic mass is 9.74. The molecule has 1 amide bonds. The Kier molecular flexibility index (Phi) is 4.13. The van der Waals surface area contributed by atoms with Gasteiger partial charge < -0.3 is 14.9 Å². The maximum atomic E-state index is 14.9. The highest BCUT2D eigenvalue weighted by atomic mass is 19.3. The summed E-state index contributed by atoms with van der Waals surface area (Å²) in [6.07, 6.45) is 0.494. The molecule has 3 fully saturated rings. The number of halogens is 2. The third-order valence-corrected chi connectivity index (χ3v) is 6.20. The molecule has 4 rings (SSSR count). The summed E-state index contributed by atoms with van der Waals surface area (Å²) in [6, 6.07) is 3.63. The summed E-state index contributed by atoms with van der Waals surface area (Å²) in [5.74, 6) is -2.50. The first-order chi connectivity index (χ1) is 12.3. The molecule has 1 aliphatic carbocycles. The Bertz CT molecular complexity index is 693. The third-order valence-electron chi connectivity index (χ3n) is 6.20. The number of aryl methyl sites for hydroxylation is 1. The first kappa shape index (κ1) is 17.6. The van der Waals surface area contributed by atoms with Crippen LogP contribution in [0.25, 0.3) is 0 Å². The van der Waals surface area contributed by atoms with Gasteiger partial charge in [-0.1, -0.05) is 0 Å². The quantitative estimate of drug-likeness (QED) is 0.861. The van der Waals surface area contributed by atoms with Crippen LogP contribution in [0.5, 0.6) is 0 Å². The largest absolute Gasteiger partial charge is 0.393 e. The zero-order valence-corrected chi connectivity index (χ0v) is 14.9. The number of piperidine rings is 1. The molecule has 26 heavy (non-hydrogen) atoms. The van der Waals surface area contributed by atoms with Gasteiger partial charge in [0.2, 0.25) is 5.91 Å². The predicted molar refractivity (Wildman–Crippen MR) is 90.9 cm³/mol. The Balaban J connectivity index is 1.51. The van der Waals surface area contributed by atoms with Crippen molar-refractivity contribution in [3.8, 4) is 0 Å². The number of carbonyl (C=O) groups excluding carboxylic acids is 1. The van der Waals surface area contributed by atoms with E-state index in [2.05, 4.69) is 10.2 Å². The average molecular weight is 366 g/mol. The van der Waals surface area contributed by atoms with Gasteiger partial charge in [0.15, 0.2) is 5.82 Å². The minimum atomic E-state index is -2.81. The number of likely N-dealkylation sites (tertiary alicyclic amines) is 1. The monoisotopic (exact) mass is 366 g/mol. The molecule has 1 spiro atoms. The highest BCUT2D eigenvalue weighted by Crippen LogP contribution is 2.50. The van der Waals surface area contributed by atoms with Gasteiger partial charge in [0.1, 0.15) is 0 Å². The number of aliphatic hydroxyl groups excluding tert-OH is 1. The fraction of sp³-hybridized carbons (Fsp3) is 0.722. The molecule has 6 nitrogen and oxygen atoms in total. The summed E-state index contributed by atoms with van der Waals surface area (Å²) >= 11 is 0. The Hall–Kier alpha value is -1.83. The van der Waals surface area contributed by atoms with Crippen LogP contribution in [0.3, 0.4) is 0 Å². The minimum absolute atomic E-state index is 0.0707. The number of hydrogen-bond acceptors (Lipinski definition) is 5. The molecular formula is C18H24F2N4O2. The van der Waals surface area contributed by atoms with Gasteiger partial charge in [0, 0.05) is 38.5 Å². The number of anilines is 1. The number of nitrogens with zero attached hydrogens (tertiary/aromatic N) is 4. The van der Waals surface area contributed by atoms with Crippen molar-refractivity contribution in [3.05, 3.63) is 17.8 Å². The number of alkyl halides is 2. The molecule has 0 bridgehead atoms. The van der Waals surface area contributed by atoms with Crippen molar-refractivity contribution in [1.82, 2.24) is 15.1 Å². The van der Waals surface area contributed by atoms with Crippen molar-refractivity contribution in [1.29, 1.82) is 0 Å². The molecular weight excluding hydrogens is 342 g/mol. The van der Waals surface area contributed by atoms with E-state index in [-0.39, 0.29) is 37.9 Å². The van der Waals surface area contributed by atoms with E-state index in [4.69, 9.17) is 0 Å². The number of rotatable bonds is 2. The fourth-order valence-electron chi connectivity index (χ4n) is 4.39. The van der Waals surface area contributed by atoms with Crippen LogP contribution in [-0.2, 0) is 4.79 Å². The van der Waals surface area contributed by atoms with Crippen LogP contribution in [0.1, 0.15) is 31.4 Å². The first-order valence-corrected chi connectivity index (χ1v) is 9.20. The molecule has 142 valence electrons. The summed E-state index contributed by atoms with van der Waals surface area (Å²) in [5, 5.41) is 17.6. The Morgan fingerprint density at radius 3 is 2.62 bits per heavy atom. The number of aromatic nitrogens is 2. The van der Waals surface area contributed by atoms with Gasteiger partial charge in [0.05, 0.1) is 17.2 Å². The van der Waals surface area contributed by atoms with Gasteiger partial charge in [-0.3, -0.25) is 4.79 Å². The molecule has 3 aliphatic rings. The highest BCUT2D eigenvalue weighted by molar-refractivity contribution is 5.80. The van der Waals surface area contributed by atoms with E-state index in [1.54, 1.807) is 11.0 Å². The highest BCUT2D eigenvalue weighted by Gasteiger charge is 2.60. The van der Waals surface area contributed by atoms with E-state index in [9.17, 15) is 18.7 Å². The van der Waals surface area contributed by atoms with Crippen molar-refractivity contribution in [2.24, 2.45) is 11.3 Å². The van der Waals surface area contributed by atoms with Crippen molar-refractivity contribution in [2.75, 3.05) is 31.1 Å². The molecule has 1 aromatic heterocycles. The third kappa shape index (κ3) is 2.84. The Labute approximate surface area is 151 Å². The van der Waals surface area contributed by atoms with E-state index in [1.165, 1.54) is 0 Å². The smallest absolute Gasteiger partial charge is 0.258 e. The lowest BCUT2D eigenvalue weighted by Gasteiger charge is -2.47. The van der Waals surface area contributed by atoms with Crippen LogP contribution >= 0.6 is 0 Å². The van der Waals surface area contributed by atoms with Gasteiger partial charge in [-0.2, -0.15) is 5.10 Å². The molecule has 1 atom stereocenters. The number of hydrogen-bond donors (Lipinski definition) is 1. The molecule has 2 saturated heterocycles. The van der Waals surface area contributed by atoms with Gasteiger partial charge in [-0.05, 0) is 38.3 Å². The number of amides is 1. The van der Waals surface area contributed by atoms with E-state index in [0.717, 1.165) is 5.69 Å². The molecule has 1 aromatic rings. The van der Waals surface area contributed by atoms with Crippen molar-refractivity contribution in [2.45, 2.75) is 44.6 Å². The van der Waals surface area contributed by atoms with Crippen LogP contribution in [-0.4, -0.2) is 64.3 Å². The van der Waals surface area contributed by atoms with E-state index in [0.29, 0.717) is 31.6 Å². The summed E-state index contributed by atoms with van der Waals surface area (Å²) in [5.41, 5.74) is -0.458. The zero-order valence-electron chi connectivity index (χ0n) is 14.9. The van der Waals surface area contributed by atoms with E-state index >= 15 is 0 Å². The van der Waals surface area contributed by atoms with Gasteiger partial charge in [0.25, 0.3) is 5.92 Å². The lowest BCUT2D eigenvalue weighted by Crippen LogP contribution is -2.59. The van der Waals surface area contributed by atoms with Crippen LogP contribution < -0.4 is 4.90 Å². The van der Waals surface area contributed by atoms with Gasteiger partial charge in [-0.15, -0.1) is 5.10 Å². The Morgan fingerprint density at radius 2 is 1.96 bits per heavy atom. The molecule has 0 unspecified atom stereocenters. The molecule has 3 heterocycles. The van der Waals surface area contributed by atoms with E-state index in [1.807, 2.05) is 17.9 Å². The van der Waals surface area contributed by atoms with Gasteiger partial charge >= 0.3 is 0 Å². The molecule has 1 saturated carbocycles. The topological polar surface area (TPSA) is 69.6 Å². The fourth-order valence-corrected chi connectivity index (χ4v) is 4.39. The molecule has 0 radical (unpaired) electrons. The SMILES string of the molecule is Cc1ccc(N2CC[C@@]3(CN(C(=O)C4CC(O)C4)CCC3(F)F)C2)nn1. The maximum absolute atomic E-state index is 14.9. The van der Waals surface area contributed by atoms with Crippen molar-refractivity contribution >= 4 is 11.7 Å². The summed E-state index contributed by atoms with van der Waals surface area (Å²) in [4.78, 5) is 16.0. The summed E-state index contributed by atoms with van der Waals surface area (Å²) in [6.45, 7) is 2.65. The minimum Gasteiger partial charge on any atom is -0.393 e. The molecule has 8 heteroatoms. The normalized spacial score (nSPS) is 33.4. The lowest BCUT2D eigenvalue weighted by molar-refractivity contribution is -0.174. The second-order valence-electron chi connectivity index (χ2n) is 8.02. The van der Waals surface area contributed by atoms with Crippen LogP contribution in [0.2, 0.25) is 0 Å². The number of aliphatic hydroxyl groups is 1. The second-order valence-corrected chi connectivity index (χ2v) is 8.02. The molecule has 0 aromatic carbocycles. The van der Waals surface area contributed by atoms with Crippen LogP contribution in [0, 0.1) is 18.3 Å². The van der Waals surface area contributed by atoms with Crippen molar-refractivity contribution in [3.63, 3.8) is 0 Å². The van der Waals surface area contributed by atoms with Crippen LogP contribution in [0.15, 0.2) is 12.1 Å². The van der Waals surface area contributed by atoms with Gasteiger partial charge in [-0.25, -0.2) is 8.78 Å². The standard InChI is InChI=1S/C18H24F2N4O2/c1-12-2-3-15(22-21-12)23-6-4-17(10-23)11-24(7-5-18(17,19)20)16(26)13-8-14(25)9-13/h2-3,13-14,25H,4-11H2,1H3/t13?,14?,17-/m0/s1. The molecule has 2 aliphatic heterocycles.